The lowest BCUT2D eigenvalue weighted by Gasteiger charge is -2.24. The van der Waals surface area contributed by atoms with E-state index in [0.29, 0.717) is 5.56 Å². The Labute approximate surface area is 147 Å². The molecule has 2 aromatic carbocycles. The summed E-state index contributed by atoms with van der Waals surface area (Å²) in [6.07, 6.45) is 4.07. The molecule has 0 spiro atoms. The van der Waals surface area contributed by atoms with Gasteiger partial charge < -0.3 is 10.0 Å². The Kier molecular flexibility index (Phi) is 4.84. The Morgan fingerprint density at radius 2 is 1.84 bits per heavy atom. The average Bonchev–Trinajstić information content (AvgIpc) is 3.13. The van der Waals surface area contributed by atoms with Gasteiger partial charge in [0.2, 0.25) is 0 Å². The van der Waals surface area contributed by atoms with Gasteiger partial charge >= 0.3 is 0 Å². The maximum atomic E-state index is 12.7. The van der Waals surface area contributed by atoms with E-state index in [1.165, 1.54) is 0 Å². The smallest absolute Gasteiger partial charge is 0.257 e. The second-order valence-electron chi connectivity index (χ2n) is 6.14. The minimum absolute atomic E-state index is 0.0251. The second-order valence-corrected chi connectivity index (χ2v) is 6.14. The first-order valence-electron chi connectivity index (χ1n) is 8.20. The van der Waals surface area contributed by atoms with Crippen LogP contribution >= 0.6 is 0 Å². The molecule has 0 saturated carbocycles. The summed E-state index contributed by atoms with van der Waals surface area (Å²) in [5.74, 6) is 0.183. The topological polar surface area (TPSA) is 58.4 Å². The van der Waals surface area contributed by atoms with Gasteiger partial charge in [0.05, 0.1) is 17.4 Å². The Morgan fingerprint density at radius 3 is 2.52 bits per heavy atom. The molecule has 3 rings (SSSR count). The van der Waals surface area contributed by atoms with Gasteiger partial charge in [-0.2, -0.15) is 5.10 Å². The summed E-state index contributed by atoms with van der Waals surface area (Å²) in [5.41, 5.74) is 2.55. The Balaban J connectivity index is 1.69. The molecule has 1 unspecified atom stereocenters. The molecule has 5 heteroatoms. The van der Waals surface area contributed by atoms with E-state index in [9.17, 15) is 9.90 Å². The van der Waals surface area contributed by atoms with Gasteiger partial charge in [-0.1, -0.05) is 30.3 Å². The van der Waals surface area contributed by atoms with E-state index in [-0.39, 0.29) is 17.7 Å². The molecule has 1 heterocycles. The standard InChI is InChI=1S/C20H21N3O2/c1-15(12-16-8-10-19(24)11-9-16)22(2)20(25)17-13-21-23(14-17)18-6-4-3-5-7-18/h3-11,13-15,24H,12H2,1-2H3. The van der Waals surface area contributed by atoms with Crippen molar-refractivity contribution in [2.45, 2.75) is 19.4 Å². The number of amides is 1. The molecule has 0 aliphatic carbocycles. The minimum Gasteiger partial charge on any atom is -0.508 e. The molecule has 0 radical (unpaired) electrons. The number of phenolic OH excluding ortho intramolecular Hbond substituents is 1. The molecule has 0 aliphatic heterocycles. The summed E-state index contributed by atoms with van der Waals surface area (Å²) in [5, 5.41) is 13.6. The number of nitrogens with zero attached hydrogens (tertiary/aromatic N) is 3. The van der Waals surface area contributed by atoms with Crippen LogP contribution in [0.1, 0.15) is 22.8 Å². The molecule has 0 fully saturated rings. The van der Waals surface area contributed by atoms with Crippen LogP contribution in [0.15, 0.2) is 67.0 Å². The fraction of sp³-hybridized carbons (Fsp3) is 0.200. The van der Waals surface area contributed by atoms with Crippen molar-refractivity contribution in [1.29, 1.82) is 0 Å². The molecule has 25 heavy (non-hydrogen) atoms. The first kappa shape index (κ1) is 16.8. The molecule has 128 valence electrons. The highest BCUT2D eigenvalue weighted by molar-refractivity contribution is 5.93. The van der Waals surface area contributed by atoms with Crippen molar-refractivity contribution in [1.82, 2.24) is 14.7 Å². The summed E-state index contributed by atoms with van der Waals surface area (Å²) < 4.78 is 1.70. The highest BCUT2D eigenvalue weighted by atomic mass is 16.3. The second kappa shape index (κ2) is 7.21. The monoisotopic (exact) mass is 335 g/mol. The lowest BCUT2D eigenvalue weighted by molar-refractivity contribution is 0.0743. The van der Waals surface area contributed by atoms with Crippen molar-refractivity contribution in [3.63, 3.8) is 0 Å². The Bertz CT molecular complexity index is 841. The third-order valence-corrected chi connectivity index (χ3v) is 4.30. The van der Waals surface area contributed by atoms with E-state index in [4.69, 9.17) is 0 Å². The zero-order valence-corrected chi connectivity index (χ0v) is 14.3. The normalized spacial score (nSPS) is 11.9. The number of carbonyl (C=O) groups is 1. The van der Waals surface area contributed by atoms with Crippen LogP contribution in [0.3, 0.4) is 0 Å². The zero-order valence-electron chi connectivity index (χ0n) is 14.3. The van der Waals surface area contributed by atoms with Crippen molar-refractivity contribution in [2.24, 2.45) is 0 Å². The minimum atomic E-state index is -0.0616. The van der Waals surface area contributed by atoms with E-state index in [1.807, 2.05) is 49.4 Å². The number of aromatic hydroxyl groups is 1. The summed E-state index contributed by atoms with van der Waals surface area (Å²) in [4.78, 5) is 14.4. The predicted molar refractivity (Wildman–Crippen MR) is 96.9 cm³/mol. The van der Waals surface area contributed by atoms with Crippen LogP contribution in [0.25, 0.3) is 5.69 Å². The van der Waals surface area contributed by atoms with Gasteiger partial charge in [-0.25, -0.2) is 4.68 Å². The summed E-state index contributed by atoms with van der Waals surface area (Å²) in [6.45, 7) is 2.01. The highest BCUT2D eigenvalue weighted by Crippen LogP contribution is 2.15. The number of hydrogen-bond donors (Lipinski definition) is 1. The van der Waals surface area contributed by atoms with Crippen LogP contribution in [0.2, 0.25) is 0 Å². The molecule has 0 saturated heterocycles. The molecule has 1 aromatic heterocycles. The average molecular weight is 335 g/mol. The molecule has 5 nitrogen and oxygen atoms in total. The van der Waals surface area contributed by atoms with Crippen LogP contribution in [0, 0.1) is 0 Å². The van der Waals surface area contributed by atoms with Crippen molar-refractivity contribution in [3.8, 4) is 11.4 Å². The number of aromatic nitrogens is 2. The lowest BCUT2D eigenvalue weighted by atomic mass is 10.1. The SMILES string of the molecule is CC(Cc1ccc(O)cc1)N(C)C(=O)c1cnn(-c2ccccc2)c1. The summed E-state index contributed by atoms with van der Waals surface area (Å²) in [7, 11) is 1.80. The molecule has 0 aliphatic rings. The highest BCUT2D eigenvalue weighted by Gasteiger charge is 2.19. The fourth-order valence-corrected chi connectivity index (χ4v) is 2.67. The van der Waals surface area contributed by atoms with Crippen molar-refractivity contribution in [2.75, 3.05) is 7.05 Å². The molecular weight excluding hydrogens is 314 g/mol. The van der Waals surface area contributed by atoms with Gasteiger partial charge in [0, 0.05) is 19.3 Å². The third kappa shape index (κ3) is 3.88. The van der Waals surface area contributed by atoms with E-state index < -0.39 is 0 Å². The number of rotatable bonds is 5. The lowest BCUT2D eigenvalue weighted by Crippen LogP contribution is -2.36. The van der Waals surface area contributed by atoms with Gasteiger partial charge in [0.25, 0.3) is 5.91 Å². The quantitative estimate of drug-likeness (QED) is 0.778. The number of para-hydroxylation sites is 1. The van der Waals surface area contributed by atoms with E-state index in [1.54, 1.807) is 41.2 Å². The van der Waals surface area contributed by atoms with Crippen LogP contribution in [0.5, 0.6) is 5.75 Å². The van der Waals surface area contributed by atoms with Gasteiger partial charge in [0.1, 0.15) is 5.75 Å². The molecule has 1 N–H and O–H groups in total. The van der Waals surface area contributed by atoms with Crippen LogP contribution < -0.4 is 0 Å². The van der Waals surface area contributed by atoms with Crippen molar-refractivity contribution in [3.05, 3.63) is 78.1 Å². The van der Waals surface area contributed by atoms with Crippen LogP contribution in [-0.4, -0.2) is 38.8 Å². The fourth-order valence-electron chi connectivity index (χ4n) is 2.67. The Hall–Kier alpha value is -3.08. The van der Waals surface area contributed by atoms with Crippen molar-refractivity contribution >= 4 is 5.91 Å². The molecule has 1 amide bonds. The van der Waals surface area contributed by atoms with Crippen LogP contribution in [-0.2, 0) is 6.42 Å². The number of benzene rings is 2. The zero-order chi connectivity index (χ0) is 17.8. The van der Waals surface area contributed by atoms with Crippen molar-refractivity contribution < 1.29 is 9.90 Å². The number of carbonyl (C=O) groups excluding carboxylic acids is 1. The molecule has 0 bridgehead atoms. The summed E-state index contributed by atoms with van der Waals surface area (Å²) >= 11 is 0. The third-order valence-electron chi connectivity index (χ3n) is 4.30. The molecule has 3 aromatic rings. The maximum absolute atomic E-state index is 12.7. The first-order chi connectivity index (χ1) is 12.0. The number of phenols is 1. The summed E-state index contributed by atoms with van der Waals surface area (Å²) in [6, 6.07) is 16.8. The Morgan fingerprint density at radius 1 is 1.16 bits per heavy atom. The predicted octanol–water partition coefficient (Wildman–Crippen LogP) is 3.28. The molecular formula is C20H21N3O2. The van der Waals surface area contributed by atoms with Gasteiger partial charge in [-0.15, -0.1) is 0 Å². The van der Waals surface area contributed by atoms with E-state index in [0.717, 1.165) is 17.7 Å². The van der Waals surface area contributed by atoms with Gasteiger partial charge in [-0.3, -0.25) is 4.79 Å². The van der Waals surface area contributed by atoms with E-state index in [2.05, 4.69) is 5.10 Å². The van der Waals surface area contributed by atoms with Gasteiger partial charge in [0.15, 0.2) is 0 Å². The molecule has 1 atom stereocenters. The number of likely N-dealkylation sites (N-methyl/N-ethyl adjacent to an activating group) is 1. The van der Waals surface area contributed by atoms with Gasteiger partial charge in [-0.05, 0) is 43.2 Å². The first-order valence-corrected chi connectivity index (χ1v) is 8.20. The van der Waals surface area contributed by atoms with Crippen LogP contribution in [0.4, 0.5) is 0 Å². The largest absolute Gasteiger partial charge is 0.508 e. The van der Waals surface area contributed by atoms with E-state index >= 15 is 0 Å². The number of hydrogen-bond acceptors (Lipinski definition) is 3. The maximum Gasteiger partial charge on any atom is 0.257 e.